The van der Waals surface area contributed by atoms with Crippen LogP contribution in [0.5, 0.6) is 0 Å². The molecule has 4 nitrogen and oxygen atoms in total. The van der Waals surface area contributed by atoms with Crippen LogP contribution in [-0.2, 0) is 4.79 Å². The van der Waals surface area contributed by atoms with Gasteiger partial charge in [-0.3, -0.25) is 9.59 Å². The van der Waals surface area contributed by atoms with Gasteiger partial charge in [-0.05, 0) is 43.9 Å². The fourth-order valence-electron chi connectivity index (χ4n) is 2.53. The van der Waals surface area contributed by atoms with Gasteiger partial charge in [0.25, 0.3) is 5.91 Å². The Morgan fingerprint density at radius 2 is 1.95 bits per heavy atom. The van der Waals surface area contributed by atoms with E-state index in [-0.39, 0.29) is 11.8 Å². The molecular weight excluding hydrogens is 284 g/mol. The standard InChI is InChI=1S/C16H22N2O2S/c1-12-5-6-13(21)11-14(12)16(20)17-8-7-15(19)18-9-3-2-4-10-18/h5-6,11,21H,2-4,7-10H2,1H3,(H,17,20). The molecule has 0 radical (unpaired) electrons. The summed E-state index contributed by atoms with van der Waals surface area (Å²) in [4.78, 5) is 26.8. The van der Waals surface area contributed by atoms with Crippen LogP contribution in [0.1, 0.15) is 41.6 Å². The minimum Gasteiger partial charge on any atom is -0.352 e. The van der Waals surface area contributed by atoms with Gasteiger partial charge in [-0.1, -0.05) is 6.07 Å². The first kappa shape index (κ1) is 15.9. The second-order valence-corrected chi connectivity index (χ2v) is 5.96. The number of carbonyl (C=O) groups is 2. The molecule has 1 N–H and O–H groups in total. The molecular formula is C16H22N2O2S. The van der Waals surface area contributed by atoms with Gasteiger partial charge in [-0.25, -0.2) is 0 Å². The first-order chi connectivity index (χ1) is 10.1. The molecule has 1 aliphatic rings. The Morgan fingerprint density at radius 1 is 1.24 bits per heavy atom. The summed E-state index contributed by atoms with van der Waals surface area (Å²) in [7, 11) is 0. The molecule has 1 aromatic carbocycles. The molecule has 1 aliphatic heterocycles. The van der Waals surface area contributed by atoms with Crippen LogP contribution < -0.4 is 5.32 Å². The number of aryl methyl sites for hydroxylation is 1. The van der Waals surface area contributed by atoms with E-state index in [4.69, 9.17) is 0 Å². The molecule has 0 aliphatic carbocycles. The van der Waals surface area contributed by atoms with E-state index in [0.717, 1.165) is 36.4 Å². The Labute approximate surface area is 131 Å². The highest BCUT2D eigenvalue weighted by atomic mass is 32.1. The number of carbonyl (C=O) groups excluding carboxylic acids is 2. The number of rotatable bonds is 4. The Bertz CT molecular complexity index is 525. The predicted molar refractivity (Wildman–Crippen MR) is 85.8 cm³/mol. The highest BCUT2D eigenvalue weighted by Gasteiger charge is 2.16. The molecule has 0 aromatic heterocycles. The van der Waals surface area contributed by atoms with E-state index in [1.807, 2.05) is 24.0 Å². The molecule has 114 valence electrons. The third-order valence-electron chi connectivity index (χ3n) is 3.80. The molecule has 0 saturated carbocycles. The van der Waals surface area contributed by atoms with Gasteiger partial charge in [0.15, 0.2) is 0 Å². The molecule has 1 aromatic rings. The SMILES string of the molecule is Cc1ccc(S)cc1C(=O)NCCC(=O)N1CCCCC1. The van der Waals surface area contributed by atoms with Gasteiger partial charge in [0.2, 0.25) is 5.91 Å². The minimum atomic E-state index is -0.144. The number of hydrogen-bond acceptors (Lipinski definition) is 3. The summed E-state index contributed by atoms with van der Waals surface area (Å²) in [6.07, 6.45) is 3.75. The minimum absolute atomic E-state index is 0.134. The van der Waals surface area contributed by atoms with Gasteiger partial charge in [-0.15, -0.1) is 12.6 Å². The summed E-state index contributed by atoms with van der Waals surface area (Å²) in [5.41, 5.74) is 1.53. The summed E-state index contributed by atoms with van der Waals surface area (Å²) < 4.78 is 0. The van der Waals surface area contributed by atoms with Crippen LogP contribution in [0, 0.1) is 6.92 Å². The summed E-state index contributed by atoms with van der Waals surface area (Å²) in [5, 5.41) is 2.82. The van der Waals surface area contributed by atoms with Crippen molar-refractivity contribution in [2.75, 3.05) is 19.6 Å². The number of benzene rings is 1. The fraction of sp³-hybridized carbons (Fsp3) is 0.500. The van der Waals surface area contributed by atoms with Crippen LogP contribution >= 0.6 is 12.6 Å². The molecule has 0 bridgehead atoms. The Morgan fingerprint density at radius 3 is 2.67 bits per heavy atom. The zero-order valence-electron chi connectivity index (χ0n) is 12.4. The van der Waals surface area contributed by atoms with Crippen molar-refractivity contribution in [3.63, 3.8) is 0 Å². The molecule has 0 spiro atoms. The number of thiol groups is 1. The fourth-order valence-corrected chi connectivity index (χ4v) is 2.74. The molecule has 0 atom stereocenters. The third kappa shape index (κ3) is 4.49. The first-order valence-electron chi connectivity index (χ1n) is 7.43. The van der Waals surface area contributed by atoms with Gasteiger partial charge in [0.05, 0.1) is 0 Å². The highest BCUT2D eigenvalue weighted by Crippen LogP contribution is 2.14. The van der Waals surface area contributed by atoms with Crippen LogP contribution in [-0.4, -0.2) is 36.3 Å². The maximum Gasteiger partial charge on any atom is 0.251 e. The quantitative estimate of drug-likeness (QED) is 0.839. The van der Waals surface area contributed by atoms with Crippen LogP contribution in [0.3, 0.4) is 0 Å². The number of nitrogens with one attached hydrogen (secondary N) is 1. The van der Waals surface area contributed by atoms with Crippen molar-refractivity contribution in [3.8, 4) is 0 Å². The lowest BCUT2D eigenvalue weighted by molar-refractivity contribution is -0.131. The summed E-state index contributed by atoms with van der Waals surface area (Å²) in [5.74, 6) is -0.00971. The van der Waals surface area contributed by atoms with Crippen molar-refractivity contribution in [3.05, 3.63) is 29.3 Å². The molecule has 0 unspecified atom stereocenters. The maximum atomic E-state index is 12.1. The van der Waals surface area contributed by atoms with Gasteiger partial charge >= 0.3 is 0 Å². The van der Waals surface area contributed by atoms with Crippen molar-refractivity contribution in [2.24, 2.45) is 0 Å². The van der Waals surface area contributed by atoms with Crippen LogP contribution in [0.2, 0.25) is 0 Å². The van der Waals surface area contributed by atoms with Gasteiger partial charge in [0.1, 0.15) is 0 Å². The molecule has 1 heterocycles. The molecule has 1 fully saturated rings. The van der Waals surface area contributed by atoms with E-state index in [2.05, 4.69) is 17.9 Å². The molecule has 21 heavy (non-hydrogen) atoms. The lowest BCUT2D eigenvalue weighted by atomic mass is 10.1. The normalized spacial score (nSPS) is 14.9. The maximum absolute atomic E-state index is 12.1. The third-order valence-corrected chi connectivity index (χ3v) is 4.08. The van der Waals surface area contributed by atoms with Gasteiger partial charge in [0, 0.05) is 36.5 Å². The van der Waals surface area contributed by atoms with E-state index in [9.17, 15) is 9.59 Å². The molecule has 1 saturated heterocycles. The van der Waals surface area contributed by atoms with Crippen LogP contribution in [0.15, 0.2) is 23.1 Å². The van der Waals surface area contributed by atoms with Crippen LogP contribution in [0.25, 0.3) is 0 Å². The molecule has 5 heteroatoms. The number of hydrogen-bond donors (Lipinski definition) is 2. The monoisotopic (exact) mass is 306 g/mol. The van der Waals surface area contributed by atoms with Crippen molar-refractivity contribution in [1.29, 1.82) is 0 Å². The average molecular weight is 306 g/mol. The van der Waals surface area contributed by atoms with Crippen molar-refractivity contribution in [2.45, 2.75) is 37.5 Å². The number of nitrogens with zero attached hydrogens (tertiary/aromatic N) is 1. The van der Waals surface area contributed by atoms with E-state index >= 15 is 0 Å². The van der Waals surface area contributed by atoms with E-state index < -0.39 is 0 Å². The highest BCUT2D eigenvalue weighted by molar-refractivity contribution is 7.80. The van der Waals surface area contributed by atoms with E-state index in [1.165, 1.54) is 6.42 Å². The van der Waals surface area contributed by atoms with Gasteiger partial charge < -0.3 is 10.2 Å². The Hall–Kier alpha value is -1.49. The number of piperidine rings is 1. The Kier molecular flexibility index (Phi) is 5.67. The van der Waals surface area contributed by atoms with E-state index in [0.29, 0.717) is 18.5 Å². The Balaban J connectivity index is 1.81. The summed E-state index contributed by atoms with van der Waals surface area (Å²) in [6, 6.07) is 5.48. The van der Waals surface area contributed by atoms with E-state index in [1.54, 1.807) is 6.07 Å². The largest absolute Gasteiger partial charge is 0.352 e. The number of amides is 2. The molecule has 2 amide bonds. The van der Waals surface area contributed by atoms with Crippen molar-refractivity contribution >= 4 is 24.4 Å². The lowest BCUT2D eigenvalue weighted by Gasteiger charge is -2.26. The zero-order valence-corrected chi connectivity index (χ0v) is 13.3. The summed E-state index contributed by atoms with van der Waals surface area (Å²) in [6.45, 7) is 3.98. The second kappa shape index (κ2) is 7.50. The van der Waals surface area contributed by atoms with Crippen molar-refractivity contribution in [1.82, 2.24) is 10.2 Å². The van der Waals surface area contributed by atoms with Crippen molar-refractivity contribution < 1.29 is 9.59 Å². The first-order valence-corrected chi connectivity index (χ1v) is 7.88. The average Bonchev–Trinajstić information content (AvgIpc) is 2.50. The smallest absolute Gasteiger partial charge is 0.251 e. The molecule has 2 rings (SSSR count). The second-order valence-electron chi connectivity index (χ2n) is 5.45. The predicted octanol–water partition coefficient (Wildman–Crippen LogP) is 2.42. The number of likely N-dealkylation sites (tertiary alicyclic amines) is 1. The summed E-state index contributed by atoms with van der Waals surface area (Å²) >= 11 is 4.25. The van der Waals surface area contributed by atoms with Gasteiger partial charge in [-0.2, -0.15) is 0 Å². The van der Waals surface area contributed by atoms with Crippen LogP contribution in [0.4, 0.5) is 0 Å². The topological polar surface area (TPSA) is 49.4 Å². The zero-order chi connectivity index (χ0) is 15.2. The lowest BCUT2D eigenvalue weighted by Crippen LogP contribution is -2.37.